The minimum atomic E-state index is -1.18. The van der Waals surface area contributed by atoms with Crippen LogP contribution >= 0.6 is 28.1 Å². The number of rotatable bonds is 9. The van der Waals surface area contributed by atoms with Crippen molar-refractivity contribution in [1.82, 2.24) is 5.32 Å². The molecule has 3 aromatic carbocycles. The summed E-state index contributed by atoms with van der Waals surface area (Å²) in [7, 11) is 0. The highest BCUT2D eigenvalue weighted by Crippen LogP contribution is 2.35. The number of halogens is 1. The number of aromatic carboxylic acids is 1. The van der Waals surface area contributed by atoms with E-state index in [4.69, 9.17) is 21.7 Å². The maximum Gasteiger partial charge on any atom is 0.335 e. The van der Waals surface area contributed by atoms with Crippen LogP contribution in [0.1, 0.15) is 28.4 Å². The number of hydrogen-bond acceptors (Lipinski definition) is 7. The van der Waals surface area contributed by atoms with Crippen LogP contribution in [0.2, 0.25) is 0 Å². The quantitative estimate of drug-likeness (QED) is 0.175. The lowest BCUT2D eigenvalue weighted by atomic mass is 10.1. The van der Waals surface area contributed by atoms with Gasteiger partial charge in [0.1, 0.15) is 5.57 Å². The van der Waals surface area contributed by atoms with Crippen molar-refractivity contribution in [1.29, 1.82) is 0 Å². The number of benzene rings is 3. The third-order valence-corrected chi connectivity index (χ3v) is 6.78. The predicted octanol–water partition coefficient (Wildman–Crippen LogP) is 4.70. The van der Waals surface area contributed by atoms with Crippen LogP contribution in [0.5, 0.6) is 11.5 Å². The molecule has 3 aromatic rings. The molecule has 1 aliphatic rings. The molecule has 210 valence electrons. The summed E-state index contributed by atoms with van der Waals surface area (Å²) >= 11 is 8.64. The fourth-order valence-corrected chi connectivity index (χ4v) is 4.56. The number of nitrogens with zero attached hydrogens (tertiary/aromatic N) is 1. The van der Waals surface area contributed by atoms with E-state index < -0.39 is 17.8 Å². The average molecular weight is 638 g/mol. The van der Waals surface area contributed by atoms with Crippen molar-refractivity contribution in [3.05, 3.63) is 87.4 Å². The molecule has 1 aliphatic heterocycles. The number of ether oxygens (including phenoxy) is 2. The van der Waals surface area contributed by atoms with Crippen molar-refractivity contribution < 1.29 is 33.8 Å². The summed E-state index contributed by atoms with van der Waals surface area (Å²) in [4.78, 5) is 51.1. The highest BCUT2D eigenvalue weighted by molar-refractivity contribution is 9.10. The maximum absolute atomic E-state index is 13.4. The predicted molar refractivity (Wildman–Crippen MR) is 160 cm³/mol. The molecule has 4 rings (SSSR count). The molecule has 3 amide bonds. The summed E-state index contributed by atoms with van der Waals surface area (Å²) in [5.74, 6) is -2.44. The number of hydrogen-bond donors (Lipinski definition) is 3. The molecule has 0 radical (unpaired) electrons. The Kier molecular flexibility index (Phi) is 9.15. The smallest absolute Gasteiger partial charge is 0.335 e. The van der Waals surface area contributed by atoms with Crippen molar-refractivity contribution in [2.45, 2.75) is 13.8 Å². The number of carboxylic acids is 1. The standard InChI is InChI=1S/C29H24BrN3O7S/c1-3-39-23-13-18(22(30)14-24(23)40-15-25(34)31-19-9-7-16(2)8-10-19)12-21-26(35)32-29(41)33(27(21)36)20-6-4-5-17(11-20)28(37)38/h4-14H,3,15H2,1-2H3,(H,31,34)(H,37,38)(H,32,35,41). The molecule has 0 aliphatic carbocycles. The summed E-state index contributed by atoms with van der Waals surface area (Å²) in [6.07, 6.45) is 1.36. The van der Waals surface area contributed by atoms with Crippen LogP contribution in [0.3, 0.4) is 0 Å². The highest BCUT2D eigenvalue weighted by Gasteiger charge is 2.35. The van der Waals surface area contributed by atoms with E-state index in [2.05, 4.69) is 26.6 Å². The van der Waals surface area contributed by atoms with Crippen LogP contribution in [0, 0.1) is 6.92 Å². The molecule has 0 saturated carbocycles. The molecular weight excluding hydrogens is 614 g/mol. The van der Waals surface area contributed by atoms with Gasteiger partial charge < -0.3 is 19.9 Å². The van der Waals surface area contributed by atoms with Gasteiger partial charge in [-0.3, -0.25) is 24.6 Å². The van der Waals surface area contributed by atoms with Gasteiger partial charge in [0, 0.05) is 10.2 Å². The van der Waals surface area contributed by atoms with E-state index in [0.29, 0.717) is 15.7 Å². The summed E-state index contributed by atoms with van der Waals surface area (Å²) in [6.45, 7) is 3.72. The molecule has 12 heteroatoms. The van der Waals surface area contributed by atoms with Crippen LogP contribution in [0.25, 0.3) is 6.08 Å². The Hall–Kier alpha value is -4.55. The Labute approximate surface area is 249 Å². The van der Waals surface area contributed by atoms with Gasteiger partial charge in [-0.25, -0.2) is 4.79 Å². The van der Waals surface area contributed by atoms with Gasteiger partial charge in [-0.1, -0.05) is 39.7 Å². The van der Waals surface area contributed by atoms with Gasteiger partial charge >= 0.3 is 5.97 Å². The number of carbonyl (C=O) groups excluding carboxylic acids is 3. The molecule has 3 N–H and O–H groups in total. The fourth-order valence-electron chi connectivity index (χ4n) is 3.85. The molecule has 0 bridgehead atoms. The van der Waals surface area contributed by atoms with Crippen molar-refractivity contribution in [2.75, 3.05) is 23.4 Å². The van der Waals surface area contributed by atoms with Gasteiger partial charge in [-0.05, 0) is 80.2 Å². The first-order valence-corrected chi connectivity index (χ1v) is 13.5. The first-order chi connectivity index (χ1) is 19.6. The fraction of sp³-hybridized carbons (Fsp3) is 0.138. The van der Waals surface area contributed by atoms with E-state index in [9.17, 15) is 24.3 Å². The van der Waals surface area contributed by atoms with Crippen molar-refractivity contribution in [2.24, 2.45) is 0 Å². The van der Waals surface area contributed by atoms with E-state index in [1.807, 2.05) is 19.1 Å². The van der Waals surface area contributed by atoms with Crippen molar-refractivity contribution in [3.8, 4) is 11.5 Å². The van der Waals surface area contributed by atoms with E-state index >= 15 is 0 Å². The minimum Gasteiger partial charge on any atom is -0.490 e. The molecule has 0 aromatic heterocycles. The zero-order chi connectivity index (χ0) is 29.7. The Morgan fingerprint density at radius 3 is 2.46 bits per heavy atom. The number of nitrogens with one attached hydrogen (secondary N) is 2. The van der Waals surface area contributed by atoms with Gasteiger partial charge in [-0.15, -0.1) is 0 Å². The molecule has 0 unspecified atom stereocenters. The van der Waals surface area contributed by atoms with E-state index in [-0.39, 0.29) is 52.6 Å². The molecule has 0 atom stereocenters. The van der Waals surface area contributed by atoms with E-state index in [1.165, 1.54) is 30.3 Å². The summed E-state index contributed by atoms with van der Waals surface area (Å²) in [5, 5.41) is 14.4. The lowest BCUT2D eigenvalue weighted by molar-refractivity contribution is -0.122. The first-order valence-electron chi connectivity index (χ1n) is 12.3. The zero-order valence-electron chi connectivity index (χ0n) is 21.9. The minimum absolute atomic E-state index is 0.0484. The Bertz CT molecular complexity index is 1590. The molecule has 1 saturated heterocycles. The lowest BCUT2D eigenvalue weighted by Crippen LogP contribution is -2.54. The van der Waals surface area contributed by atoms with Gasteiger partial charge in [0.25, 0.3) is 17.7 Å². The summed E-state index contributed by atoms with van der Waals surface area (Å²) in [5.41, 5.74) is 2.01. The third kappa shape index (κ3) is 6.97. The number of amides is 3. The summed E-state index contributed by atoms with van der Waals surface area (Å²) < 4.78 is 11.9. The summed E-state index contributed by atoms with van der Waals surface area (Å²) in [6, 6.07) is 16.1. The molecule has 41 heavy (non-hydrogen) atoms. The Morgan fingerprint density at radius 1 is 1.07 bits per heavy atom. The second-order valence-corrected chi connectivity index (χ2v) is 10.0. The van der Waals surface area contributed by atoms with Crippen molar-refractivity contribution in [3.63, 3.8) is 0 Å². The first kappa shape index (κ1) is 29.4. The normalized spacial score (nSPS) is 14.1. The maximum atomic E-state index is 13.4. The van der Waals surface area contributed by atoms with Crippen LogP contribution in [-0.4, -0.2) is 47.1 Å². The van der Waals surface area contributed by atoms with Gasteiger partial charge in [-0.2, -0.15) is 0 Å². The number of aryl methyl sites for hydroxylation is 1. The zero-order valence-corrected chi connectivity index (χ0v) is 24.3. The molecular formula is C29H24BrN3O7S. The number of anilines is 2. The van der Waals surface area contributed by atoms with Gasteiger partial charge in [0.15, 0.2) is 23.2 Å². The van der Waals surface area contributed by atoms with Gasteiger partial charge in [0.05, 0.1) is 17.9 Å². The topological polar surface area (TPSA) is 134 Å². The molecule has 1 heterocycles. The van der Waals surface area contributed by atoms with Crippen LogP contribution in [-0.2, 0) is 14.4 Å². The number of carbonyl (C=O) groups is 4. The van der Waals surface area contributed by atoms with Crippen LogP contribution in [0.4, 0.5) is 11.4 Å². The van der Waals surface area contributed by atoms with E-state index in [0.717, 1.165) is 10.5 Å². The molecule has 10 nitrogen and oxygen atoms in total. The Morgan fingerprint density at radius 2 is 1.78 bits per heavy atom. The third-order valence-electron chi connectivity index (χ3n) is 5.81. The molecule has 0 spiro atoms. The second-order valence-electron chi connectivity index (χ2n) is 8.77. The SMILES string of the molecule is CCOc1cc(C=C2C(=O)NC(=S)N(c3cccc(C(=O)O)c3)C2=O)c(Br)cc1OCC(=O)Nc1ccc(C)cc1. The van der Waals surface area contributed by atoms with Crippen molar-refractivity contribution >= 4 is 74.4 Å². The largest absolute Gasteiger partial charge is 0.490 e. The molecule has 1 fully saturated rings. The second kappa shape index (κ2) is 12.7. The van der Waals surface area contributed by atoms with Gasteiger partial charge in [0.2, 0.25) is 0 Å². The Balaban J connectivity index is 1.59. The average Bonchev–Trinajstić information content (AvgIpc) is 2.93. The monoisotopic (exact) mass is 637 g/mol. The highest BCUT2D eigenvalue weighted by atomic mass is 79.9. The van der Waals surface area contributed by atoms with Crippen LogP contribution < -0.4 is 25.0 Å². The van der Waals surface area contributed by atoms with Crippen LogP contribution in [0.15, 0.2) is 70.7 Å². The van der Waals surface area contributed by atoms with E-state index in [1.54, 1.807) is 31.2 Å². The number of thiocarbonyl (C=S) groups is 1. The number of carboxylic acid groups (broad SMARTS) is 1. The lowest BCUT2D eigenvalue weighted by Gasteiger charge is -2.29.